The molecule has 0 spiro atoms. The summed E-state index contributed by atoms with van der Waals surface area (Å²) in [4.78, 5) is 0. The Kier molecular flexibility index (Phi) is 0.592. The fraction of sp³-hybridized carbons (Fsp3) is 0.714. The predicted octanol–water partition coefficient (Wildman–Crippen LogP) is 1.97. The highest BCUT2D eigenvalue weighted by molar-refractivity contribution is 5.06. The van der Waals surface area contributed by atoms with Crippen molar-refractivity contribution in [2.75, 3.05) is 0 Å². The van der Waals surface area contributed by atoms with Gasteiger partial charge in [0.1, 0.15) is 0 Å². The Balaban J connectivity index is 2.27. The van der Waals surface area contributed by atoms with Crippen LogP contribution >= 0.6 is 0 Å². The van der Waals surface area contributed by atoms with E-state index in [1.54, 1.807) is 0 Å². The molecule has 0 heterocycles. The maximum Gasteiger partial charge on any atom is -0.0228 e. The summed E-state index contributed by atoms with van der Waals surface area (Å²) >= 11 is 0. The normalized spacial score (nSPS) is 45.7. The van der Waals surface area contributed by atoms with Crippen molar-refractivity contribution in [3.05, 3.63) is 12.2 Å². The third-order valence-electron chi connectivity index (χ3n) is 2.17. The Labute approximate surface area is 44.2 Å². The van der Waals surface area contributed by atoms with Crippen LogP contribution in [0.25, 0.3) is 0 Å². The maximum absolute atomic E-state index is 2.38. The molecule has 0 aliphatic heterocycles. The number of hydrogen-bond acceptors (Lipinski definition) is 0. The first kappa shape index (κ1) is 3.71. The monoisotopic (exact) mass is 94.1 g/mol. The Morgan fingerprint density at radius 2 is 1.57 bits per heavy atom. The first-order valence-electron chi connectivity index (χ1n) is 3.13. The summed E-state index contributed by atoms with van der Waals surface area (Å²) in [6, 6.07) is 0. The van der Waals surface area contributed by atoms with Crippen LogP contribution in [0.15, 0.2) is 12.2 Å². The summed E-state index contributed by atoms with van der Waals surface area (Å²) in [5.41, 5.74) is 0. The number of allylic oxidation sites excluding steroid dienone is 2. The van der Waals surface area contributed by atoms with Crippen LogP contribution < -0.4 is 0 Å². The molecule has 0 heteroatoms. The van der Waals surface area contributed by atoms with Gasteiger partial charge in [-0.15, -0.1) is 0 Å². The number of hydrogen-bond donors (Lipinski definition) is 0. The van der Waals surface area contributed by atoms with Gasteiger partial charge < -0.3 is 0 Å². The summed E-state index contributed by atoms with van der Waals surface area (Å²) in [6.45, 7) is 0. The fourth-order valence-electron chi connectivity index (χ4n) is 1.72. The SMILES string of the molecule is C1=C[C@@H]2CC[C@@H]1C2. The molecule has 2 rings (SSSR count). The van der Waals surface area contributed by atoms with Crippen LogP contribution in [0, 0.1) is 11.8 Å². The van der Waals surface area contributed by atoms with E-state index >= 15 is 0 Å². The van der Waals surface area contributed by atoms with Gasteiger partial charge >= 0.3 is 0 Å². The minimum Gasteiger partial charge on any atom is -0.0851 e. The van der Waals surface area contributed by atoms with Crippen molar-refractivity contribution in [3.8, 4) is 0 Å². The zero-order chi connectivity index (χ0) is 4.69. The Morgan fingerprint density at radius 3 is 1.71 bits per heavy atom. The Bertz CT molecular complexity index is 90.6. The van der Waals surface area contributed by atoms with Crippen molar-refractivity contribution in [1.82, 2.24) is 0 Å². The van der Waals surface area contributed by atoms with Crippen molar-refractivity contribution in [1.29, 1.82) is 0 Å². The third kappa shape index (κ3) is 0.425. The second-order valence-corrected chi connectivity index (χ2v) is 2.72. The van der Waals surface area contributed by atoms with Gasteiger partial charge in [0, 0.05) is 0 Å². The average molecular weight is 94.2 g/mol. The highest BCUT2D eigenvalue weighted by Gasteiger charge is 2.25. The molecule has 2 atom stereocenters. The highest BCUT2D eigenvalue weighted by atomic mass is 14.3. The first-order valence-corrected chi connectivity index (χ1v) is 3.13. The molecular formula is C7H10. The van der Waals surface area contributed by atoms with Gasteiger partial charge in [0.2, 0.25) is 0 Å². The van der Waals surface area contributed by atoms with Crippen LogP contribution in [0.5, 0.6) is 0 Å². The van der Waals surface area contributed by atoms with E-state index in [1.165, 1.54) is 19.3 Å². The number of fused-ring (bicyclic) bond motifs is 2. The van der Waals surface area contributed by atoms with Crippen molar-refractivity contribution in [2.24, 2.45) is 11.8 Å². The topological polar surface area (TPSA) is 0 Å². The standard InChI is InChI=1S/C7H10/c1-2-7-4-3-6(1)5-7/h1-2,6-7H,3-5H2/t6-,7-/m1/s1. The summed E-state index contributed by atoms with van der Waals surface area (Å²) in [6.07, 6.45) is 9.19. The zero-order valence-corrected chi connectivity index (χ0v) is 4.43. The lowest BCUT2D eigenvalue weighted by Crippen LogP contribution is -1.82. The first-order chi connectivity index (χ1) is 3.45. The van der Waals surface area contributed by atoms with E-state index in [1.807, 2.05) is 0 Å². The minimum atomic E-state index is 0.991. The minimum absolute atomic E-state index is 0.991. The molecule has 1 fully saturated rings. The molecule has 38 valence electrons. The summed E-state index contributed by atoms with van der Waals surface area (Å²) in [5.74, 6) is 1.98. The van der Waals surface area contributed by atoms with Crippen molar-refractivity contribution >= 4 is 0 Å². The van der Waals surface area contributed by atoms with E-state index in [0.29, 0.717) is 0 Å². The van der Waals surface area contributed by atoms with Crippen LogP contribution in [0.4, 0.5) is 0 Å². The predicted molar refractivity (Wildman–Crippen MR) is 30.0 cm³/mol. The van der Waals surface area contributed by atoms with Crippen molar-refractivity contribution in [3.63, 3.8) is 0 Å². The fourth-order valence-corrected chi connectivity index (χ4v) is 1.72. The van der Waals surface area contributed by atoms with Gasteiger partial charge in [0.05, 0.1) is 0 Å². The molecule has 2 bridgehead atoms. The third-order valence-corrected chi connectivity index (χ3v) is 2.17. The Morgan fingerprint density at radius 1 is 1.00 bits per heavy atom. The molecule has 0 aromatic rings. The van der Waals surface area contributed by atoms with Gasteiger partial charge in [-0.3, -0.25) is 0 Å². The van der Waals surface area contributed by atoms with E-state index in [2.05, 4.69) is 12.2 Å². The Hall–Kier alpha value is -0.260. The molecule has 0 unspecified atom stereocenters. The van der Waals surface area contributed by atoms with Gasteiger partial charge in [-0.05, 0) is 31.1 Å². The van der Waals surface area contributed by atoms with Crippen LogP contribution in [0.2, 0.25) is 0 Å². The second-order valence-electron chi connectivity index (χ2n) is 2.72. The van der Waals surface area contributed by atoms with Gasteiger partial charge in [0.25, 0.3) is 0 Å². The van der Waals surface area contributed by atoms with Gasteiger partial charge in [-0.25, -0.2) is 0 Å². The lowest BCUT2D eigenvalue weighted by Gasteiger charge is -1.96. The molecular weight excluding hydrogens is 84.1 g/mol. The molecule has 0 nitrogen and oxygen atoms in total. The summed E-state index contributed by atoms with van der Waals surface area (Å²) in [7, 11) is 0. The highest BCUT2D eigenvalue weighted by Crippen LogP contribution is 2.38. The second kappa shape index (κ2) is 1.12. The average Bonchev–Trinajstić information content (AvgIpc) is 2.22. The molecule has 0 N–H and O–H groups in total. The van der Waals surface area contributed by atoms with E-state index < -0.39 is 0 Å². The van der Waals surface area contributed by atoms with Crippen LogP contribution in [0.3, 0.4) is 0 Å². The van der Waals surface area contributed by atoms with Crippen LogP contribution in [0.1, 0.15) is 19.3 Å². The lowest BCUT2D eigenvalue weighted by molar-refractivity contribution is 0.691. The van der Waals surface area contributed by atoms with E-state index in [0.717, 1.165) is 11.8 Å². The molecule has 0 aromatic carbocycles. The summed E-state index contributed by atoms with van der Waals surface area (Å²) < 4.78 is 0. The molecule has 0 radical (unpaired) electrons. The van der Waals surface area contributed by atoms with E-state index in [-0.39, 0.29) is 0 Å². The quantitative estimate of drug-likeness (QED) is 0.402. The van der Waals surface area contributed by atoms with Crippen LogP contribution in [-0.2, 0) is 0 Å². The smallest absolute Gasteiger partial charge is 0.0228 e. The molecule has 0 saturated heterocycles. The van der Waals surface area contributed by atoms with Gasteiger partial charge in [-0.2, -0.15) is 0 Å². The molecule has 2 aliphatic rings. The summed E-state index contributed by atoms with van der Waals surface area (Å²) in [5, 5.41) is 0. The molecule has 7 heavy (non-hydrogen) atoms. The molecule has 2 aliphatic carbocycles. The zero-order valence-electron chi connectivity index (χ0n) is 4.43. The van der Waals surface area contributed by atoms with Crippen LogP contribution in [-0.4, -0.2) is 0 Å². The maximum atomic E-state index is 2.38. The van der Waals surface area contributed by atoms with E-state index in [9.17, 15) is 0 Å². The van der Waals surface area contributed by atoms with E-state index in [4.69, 9.17) is 0 Å². The van der Waals surface area contributed by atoms with Gasteiger partial charge in [0.15, 0.2) is 0 Å². The molecule has 0 aromatic heterocycles. The molecule has 0 amide bonds. The van der Waals surface area contributed by atoms with Gasteiger partial charge in [-0.1, -0.05) is 12.2 Å². The lowest BCUT2D eigenvalue weighted by atomic mass is 10.1. The van der Waals surface area contributed by atoms with Crippen molar-refractivity contribution in [2.45, 2.75) is 19.3 Å². The molecule has 1 saturated carbocycles. The number of rotatable bonds is 0. The largest absolute Gasteiger partial charge is 0.0851 e. The van der Waals surface area contributed by atoms with Crippen molar-refractivity contribution < 1.29 is 0 Å².